The van der Waals surface area contributed by atoms with Crippen molar-refractivity contribution < 1.29 is 9.72 Å². The fraction of sp³-hybridized carbons (Fsp3) is 0.150. The highest BCUT2D eigenvalue weighted by Gasteiger charge is 2.19. The molecule has 0 unspecified atom stereocenters. The smallest absolute Gasteiger partial charge is 0.292 e. The Labute approximate surface area is 171 Å². The fourth-order valence-corrected chi connectivity index (χ4v) is 3.75. The summed E-state index contributed by atoms with van der Waals surface area (Å²) in [5, 5.41) is 19.2. The molecule has 1 heterocycles. The van der Waals surface area contributed by atoms with Crippen molar-refractivity contribution >= 4 is 40.2 Å². The Morgan fingerprint density at radius 3 is 2.61 bits per heavy atom. The van der Waals surface area contributed by atoms with Gasteiger partial charge in [-0.05, 0) is 36.1 Å². The van der Waals surface area contributed by atoms with Crippen molar-refractivity contribution in [1.82, 2.24) is 5.32 Å². The maximum Gasteiger partial charge on any atom is 0.292 e. The molecular formula is C20H18ClN3O3S. The lowest BCUT2D eigenvalue weighted by Crippen LogP contribution is -2.31. The van der Waals surface area contributed by atoms with Gasteiger partial charge in [-0.15, -0.1) is 11.3 Å². The Morgan fingerprint density at radius 2 is 1.96 bits per heavy atom. The summed E-state index contributed by atoms with van der Waals surface area (Å²) in [4.78, 5) is 24.1. The second-order valence-corrected chi connectivity index (χ2v) is 7.62. The number of halogens is 1. The van der Waals surface area contributed by atoms with Crippen LogP contribution in [0.15, 0.2) is 60.0 Å². The molecule has 0 aliphatic carbocycles. The molecule has 0 aliphatic heterocycles. The topological polar surface area (TPSA) is 84.3 Å². The van der Waals surface area contributed by atoms with E-state index in [9.17, 15) is 14.9 Å². The minimum atomic E-state index is -0.555. The summed E-state index contributed by atoms with van der Waals surface area (Å²) in [7, 11) is 0. The van der Waals surface area contributed by atoms with Crippen molar-refractivity contribution in [1.29, 1.82) is 0 Å². The molecule has 0 radical (unpaired) electrons. The van der Waals surface area contributed by atoms with E-state index in [4.69, 9.17) is 11.6 Å². The predicted molar refractivity (Wildman–Crippen MR) is 112 cm³/mol. The van der Waals surface area contributed by atoms with E-state index in [0.717, 1.165) is 16.0 Å². The minimum Gasteiger partial charge on any atom is -0.319 e. The van der Waals surface area contributed by atoms with E-state index in [1.165, 1.54) is 18.2 Å². The SMILES string of the molecule is Cc1ccc([C@@H](NCC(=O)Nc2cc(Cl)ccc2[N+](=O)[O-])c2cccs2)cc1. The van der Waals surface area contributed by atoms with Gasteiger partial charge in [-0.1, -0.05) is 47.5 Å². The lowest BCUT2D eigenvalue weighted by Gasteiger charge is -2.18. The molecule has 1 amide bonds. The number of nitrogens with zero attached hydrogens (tertiary/aromatic N) is 1. The number of nitro benzene ring substituents is 1. The van der Waals surface area contributed by atoms with Crippen molar-refractivity contribution in [3.63, 3.8) is 0 Å². The molecule has 1 aromatic heterocycles. The summed E-state index contributed by atoms with van der Waals surface area (Å²) in [6.07, 6.45) is 0. The quantitative estimate of drug-likeness (QED) is 0.423. The lowest BCUT2D eigenvalue weighted by atomic mass is 10.0. The van der Waals surface area contributed by atoms with Crippen molar-refractivity contribution in [2.45, 2.75) is 13.0 Å². The highest BCUT2D eigenvalue weighted by molar-refractivity contribution is 7.10. The lowest BCUT2D eigenvalue weighted by molar-refractivity contribution is -0.383. The molecule has 6 nitrogen and oxygen atoms in total. The number of thiophene rings is 1. The Balaban J connectivity index is 1.73. The van der Waals surface area contributed by atoms with E-state index in [-0.39, 0.29) is 29.9 Å². The number of hydrogen-bond acceptors (Lipinski definition) is 5. The number of aryl methyl sites for hydroxylation is 1. The number of carbonyl (C=O) groups is 1. The molecule has 28 heavy (non-hydrogen) atoms. The number of hydrogen-bond donors (Lipinski definition) is 2. The zero-order valence-corrected chi connectivity index (χ0v) is 16.6. The summed E-state index contributed by atoms with van der Waals surface area (Å²) < 4.78 is 0. The first-order valence-electron chi connectivity index (χ1n) is 8.51. The van der Waals surface area contributed by atoms with Crippen LogP contribution in [0.25, 0.3) is 0 Å². The van der Waals surface area contributed by atoms with E-state index < -0.39 is 4.92 Å². The average Bonchev–Trinajstić information content (AvgIpc) is 3.17. The van der Waals surface area contributed by atoms with Gasteiger partial charge in [0.25, 0.3) is 5.69 Å². The third-order valence-electron chi connectivity index (χ3n) is 4.13. The molecule has 3 rings (SSSR count). The molecular weight excluding hydrogens is 398 g/mol. The van der Waals surface area contributed by atoms with Gasteiger partial charge in [-0.2, -0.15) is 0 Å². The van der Waals surface area contributed by atoms with Crippen LogP contribution in [0.4, 0.5) is 11.4 Å². The van der Waals surface area contributed by atoms with Crippen LogP contribution in [0.3, 0.4) is 0 Å². The van der Waals surface area contributed by atoms with Crippen molar-refractivity contribution in [2.75, 3.05) is 11.9 Å². The molecule has 0 fully saturated rings. The molecule has 0 spiro atoms. The van der Waals surface area contributed by atoms with Gasteiger partial charge in [0.05, 0.1) is 17.5 Å². The first kappa shape index (κ1) is 20.0. The van der Waals surface area contributed by atoms with Crippen molar-refractivity contribution in [3.05, 3.63) is 91.1 Å². The number of nitro groups is 1. The maximum atomic E-state index is 12.4. The van der Waals surface area contributed by atoms with Crippen LogP contribution < -0.4 is 10.6 Å². The van der Waals surface area contributed by atoms with E-state index >= 15 is 0 Å². The van der Waals surface area contributed by atoms with Gasteiger partial charge >= 0.3 is 0 Å². The van der Waals surface area contributed by atoms with Gasteiger partial charge in [-0.25, -0.2) is 0 Å². The molecule has 8 heteroatoms. The number of benzene rings is 2. The number of amides is 1. The third-order valence-corrected chi connectivity index (χ3v) is 5.31. The van der Waals surface area contributed by atoms with E-state index in [2.05, 4.69) is 10.6 Å². The zero-order chi connectivity index (χ0) is 20.1. The van der Waals surface area contributed by atoms with Gasteiger partial charge in [0.1, 0.15) is 5.69 Å². The predicted octanol–water partition coefficient (Wildman–Crippen LogP) is 4.94. The van der Waals surface area contributed by atoms with Gasteiger partial charge in [0.2, 0.25) is 5.91 Å². The number of rotatable bonds is 7. The Hall–Kier alpha value is -2.74. The second-order valence-electron chi connectivity index (χ2n) is 6.21. The Kier molecular flexibility index (Phi) is 6.41. The van der Waals surface area contributed by atoms with Gasteiger partial charge in [0.15, 0.2) is 0 Å². The van der Waals surface area contributed by atoms with E-state index in [0.29, 0.717) is 5.02 Å². The summed E-state index contributed by atoms with van der Waals surface area (Å²) >= 11 is 7.50. The van der Waals surface area contributed by atoms with E-state index in [1.54, 1.807) is 11.3 Å². The average molecular weight is 416 g/mol. The highest BCUT2D eigenvalue weighted by atomic mass is 35.5. The monoisotopic (exact) mass is 415 g/mol. The Bertz CT molecular complexity index is 975. The van der Waals surface area contributed by atoms with Crippen LogP contribution in [0.1, 0.15) is 22.0 Å². The van der Waals surface area contributed by atoms with Gasteiger partial charge in [-0.3, -0.25) is 20.2 Å². The van der Waals surface area contributed by atoms with Crippen LogP contribution in [0, 0.1) is 17.0 Å². The number of anilines is 1. The second kappa shape index (κ2) is 8.97. The normalized spacial score (nSPS) is 11.8. The van der Waals surface area contributed by atoms with Crippen LogP contribution >= 0.6 is 22.9 Å². The minimum absolute atomic E-state index is 0.0138. The summed E-state index contributed by atoms with van der Waals surface area (Å²) in [5.41, 5.74) is 2.06. The van der Waals surface area contributed by atoms with Gasteiger partial charge < -0.3 is 5.32 Å². The molecule has 0 bridgehead atoms. The van der Waals surface area contributed by atoms with Crippen LogP contribution in [0.2, 0.25) is 5.02 Å². The van der Waals surface area contributed by atoms with Crippen LogP contribution in [-0.4, -0.2) is 17.4 Å². The molecule has 0 aliphatic rings. The molecule has 0 saturated heterocycles. The van der Waals surface area contributed by atoms with Crippen LogP contribution in [0.5, 0.6) is 0 Å². The van der Waals surface area contributed by atoms with Crippen molar-refractivity contribution in [3.8, 4) is 0 Å². The largest absolute Gasteiger partial charge is 0.319 e. The molecule has 3 aromatic rings. The zero-order valence-electron chi connectivity index (χ0n) is 15.0. The summed E-state index contributed by atoms with van der Waals surface area (Å²) in [6.45, 7) is 2.00. The molecule has 2 N–H and O–H groups in total. The van der Waals surface area contributed by atoms with E-state index in [1.807, 2.05) is 48.7 Å². The first-order chi connectivity index (χ1) is 13.4. The maximum absolute atomic E-state index is 12.4. The fourth-order valence-electron chi connectivity index (χ4n) is 2.75. The highest BCUT2D eigenvalue weighted by Crippen LogP contribution is 2.28. The number of nitrogens with one attached hydrogen (secondary N) is 2. The summed E-state index contributed by atoms with van der Waals surface area (Å²) in [5.74, 6) is -0.390. The van der Waals surface area contributed by atoms with Gasteiger partial charge in [0, 0.05) is 16.0 Å². The standard InChI is InChI=1S/C20H18ClN3O3S/c1-13-4-6-14(7-5-13)20(18-3-2-10-28-18)22-12-19(25)23-16-11-15(21)8-9-17(16)24(26)27/h2-11,20,22H,12H2,1H3,(H,23,25)/t20-/m1/s1. The summed E-state index contributed by atoms with van der Waals surface area (Å²) in [6, 6.07) is 15.9. The molecule has 0 saturated carbocycles. The number of carbonyl (C=O) groups excluding carboxylic acids is 1. The third kappa shape index (κ3) is 4.95. The first-order valence-corrected chi connectivity index (χ1v) is 9.77. The molecule has 1 atom stereocenters. The van der Waals surface area contributed by atoms with Crippen LogP contribution in [-0.2, 0) is 4.79 Å². The molecule has 144 valence electrons. The van der Waals surface area contributed by atoms with Crippen molar-refractivity contribution in [2.24, 2.45) is 0 Å². The Morgan fingerprint density at radius 1 is 1.21 bits per heavy atom. The molecule has 2 aromatic carbocycles.